The van der Waals surface area contributed by atoms with E-state index in [0.717, 1.165) is 17.1 Å². The molecule has 0 aromatic heterocycles. The van der Waals surface area contributed by atoms with Crippen molar-refractivity contribution in [2.75, 3.05) is 32.0 Å². The van der Waals surface area contributed by atoms with Crippen LogP contribution in [0.25, 0.3) is 0 Å². The SMILES string of the molecule is COc1cccc(Nc2ccc(NC(=O)c3c(OC)cccc3OC)cc2)c1. The Balaban J connectivity index is 1.73. The molecular weight excluding hydrogens is 356 g/mol. The molecule has 3 aromatic carbocycles. The molecule has 0 fully saturated rings. The third-order valence-corrected chi connectivity index (χ3v) is 4.16. The molecule has 6 nitrogen and oxygen atoms in total. The largest absolute Gasteiger partial charge is 0.497 e. The highest BCUT2D eigenvalue weighted by atomic mass is 16.5. The minimum atomic E-state index is -0.303. The topological polar surface area (TPSA) is 68.8 Å². The minimum absolute atomic E-state index is 0.303. The van der Waals surface area contributed by atoms with E-state index in [1.807, 2.05) is 48.5 Å². The molecule has 2 N–H and O–H groups in total. The Bertz CT molecular complexity index is 933. The van der Waals surface area contributed by atoms with Crippen molar-refractivity contribution < 1.29 is 19.0 Å². The standard InChI is InChI=1S/C22H22N2O4/c1-26-18-7-4-6-17(14-18)23-15-10-12-16(13-11-15)24-22(25)21-19(27-2)8-5-9-20(21)28-3/h4-14,23H,1-3H3,(H,24,25). The molecule has 0 unspecified atom stereocenters. The van der Waals surface area contributed by atoms with Gasteiger partial charge >= 0.3 is 0 Å². The molecule has 0 aliphatic rings. The summed E-state index contributed by atoms with van der Waals surface area (Å²) in [5.41, 5.74) is 2.82. The number of hydrogen-bond donors (Lipinski definition) is 2. The van der Waals surface area contributed by atoms with Crippen LogP contribution < -0.4 is 24.8 Å². The molecule has 0 heterocycles. The highest BCUT2D eigenvalue weighted by Crippen LogP contribution is 2.29. The van der Waals surface area contributed by atoms with E-state index in [0.29, 0.717) is 22.7 Å². The predicted octanol–water partition coefficient (Wildman–Crippen LogP) is 4.71. The number of anilines is 3. The van der Waals surface area contributed by atoms with E-state index < -0.39 is 0 Å². The Morgan fingerprint density at radius 1 is 0.714 bits per heavy atom. The maximum Gasteiger partial charge on any atom is 0.263 e. The lowest BCUT2D eigenvalue weighted by Gasteiger charge is -2.13. The van der Waals surface area contributed by atoms with E-state index in [-0.39, 0.29) is 5.91 Å². The molecular formula is C22H22N2O4. The van der Waals surface area contributed by atoms with Gasteiger partial charge in [-0.3, -0.25) is 4.79 Å². The molecule has 0 saturated heterocycles. The Labute approximate surface area is 164 Å². The maximum atomic E-state index is 12.7. The molecule has 0 radical (unpaired) electrons. The van der Waals surface area contributed by atoms with Gasteiger partial charge in [-0.15, -0.1) is 0 Å². The van der Waals surface area contributed by atoms with Crippen molar-refractivity contribution in [3.05, 3.63) is 72.3 Å². The Morgan fingerprint density at radius 3 is 1.93 bits per heavy atom. The number of carbonyl (C=O) groups excluding carboxylic acids is 1. The first-order valence-electron chi connectivity index (χ1n) is 8.68. The van der Waals surface area contributed by atoms with Crippen molar-refractivity contribution in [2.45, 2.75) is 0 Å². The van der Waals surface area contributed by atoms with Crippen LogP contribution in [0.5, 0.6) is 17.2 Å². The molecule has 0 atom stereocenters. The molecule has 144 valence electrons. The van der Waals surface area contributed by atoms with Crippen LogP contribution in [0, 0.1) is 0 Å². The second-order valence-electron chi connectivity index (χ2n) is 5.93. The van der Waals surface area contributed by atoms with Gasteiger partial charge in [-0.1, -0.05) is 12.1 Å². The lowest BCUT2D eigenvalue weighted by Crippen LogP contribution is -2.14. The van der Waals surface area contributed by atoms with E-state index in [4.69, 9.17) is 14.2 Å². The first kappa shape index (κ1) is 19.1. The Morgan fingerprint density at radius 2 is 1.32 bits per heavy atom. The molecule has 0 aliphatic heterocycles. The fourth-order valence-corrected chi connectivity index (χ4v) is 2.77. The summed E-state index contributed by atoms with van der Waals surface area (Å²) in [6, 6.07) is 20.3. The first-order valence-corrected chi connectivity index (χ1v) is 8.68. The molecule has 1 amide bonds. The molecule has 0 bridgehead atoms. The van der Waals surface area contributed by atoms with Gasteiger partial charge in [0.1, 0.15) is 22.8 Å². The number of rotatable bonds is 7. The number of carbonyl (C=O) groups is 1. The molecule has 0 spiro atoms. The molecule has 3 rings (SSSR count). The van der Waals surface area contributed by atoms with Crippen LogP contribution in [0.15, 0.2) is 66.7 Å². The molecule has 0 saturated carbocycles. The van der Waals surface area contributed by atoms with Gasteiger partial charge in [0.15, 0.2) is 0 Å². The van der Waals surface area contributed by atoms with Gasteiger partial charge in [0.05, 0.1) is 21.3 Å². The van der Waals surface area contributed by atoms with Crippen molar-refractivity contribution in [1.29, 1.82) is 0 Å². The minimum Gasteiger partial charge on any atom is -0.497 e. The highest BCUT2D eigenvalue weighted by molar-refractivity contribution is 6.08. The summed E-state index contributed by atoms with van der Waals surface area (Å²) in [4.78, 5) is 12.7. The zero-order chi connectivity index (χ0) is 19.9. The van der Waals surface area contributed by atoms with Crippen molar-refractivity contribution in [3.63, 3.8) is 0 Å². The molecule has 0 aliphatic carbocycles. The lowest BCUT2D eigenvalue weighted by molar-refractivity contribution is 0.102. The van der Waals surface area contributed by atoms with Crippen LogP contribution in [-0.4, -0.2) is 27.2 Å². The highest BCUT2D eigenvalue weighted by Gasteiger charge is 2.18. The van der Waals surface area contributed by atoms with E-state index in [9.17, 15) is 4.79 Å². The van der Waals surface area contributed by atoms with E-state index in [1.165, 1.54) is 14.2 Å². The zero-order valence-corrected chi connectivity index (χ0v) is 16.0. The van der Waals surface area contributed by atoms with Gasteiger partial charge < -0.3 is 24.8 Å². The summed E-state index contributed by atoms with van der Waals surface area (Å²) in [7, 11) is 4.67. The van der Waals surface area contributed by atoms with Crippen LogP contribution in [0.1, 0.15) is 10.4 Å². The molecule has 6 heteroatoms. The van der Waals surface area contributed by atoms with Crippen molar-refractivity contribution in [2.24, 2.45) is 0 Å². The second kappa shape index (κ2) is 8.81. The Hall–Kier alpha value is -3.67. The summed E-state index contributed by atoms with van der Waals surface area (Å²) >= 11 is 0. The number of ether oxygens (including phenoxy) is 3. The Kier molecular flexibility index (Phi) is 6.01. The summed E-state index contributed by atoms with van der Waals surface area (Å²) in [5.74, 6) is 1.38. The molecule has 28 heavy (non-hydrogen) atoms. The van der Waals surface area contributed by atoms with Gasteiger partial charge in [0.2, 0.25) is 0 Å². The van der Waals surface area contributed by atoms with Crippen molar-refractivity contribution in [3.8, 4) is 17.2 Å². The second-order valence-corrected chi connectivity index (χ2v) is 5.93. The van der Waals surface area contributed by atoms with Gasteiger partial charge in [-0.2, -0.15) is 0 Å². The monoisotopic (exact) mass is 378 g/mol. The number of hydrogen-bond acceptors (Lipinski definition) is 5. The molecule has 3 aromatic rings. The van der Waals surface area contributed by atoms with Gasteiger partial charge in [-0.25, -0.2) is 0 Å². The normalized spacial score (nSPS) is 10.1. The smallest absolute Gasteiger partial charge is 0.263 e. The van der Waals surface area contributed by atoms with Crippen LogP contribution in [0.4, 0.5) is 17.1 Å². The van der Waals surface area contributed by atoms with Gasteiger partial charge in [0.25, 0.3) is 5.91 Å². The van der Waals surface area contributed by atoms with Crippen LogP contribution >= 0.6 is 0 Å². The van der Waals surface area contributed by atoms with Crippen LogP contribution in [0.2, 0.25) is 0 Å². The fraction of sp³-hybridized carbons (Fsp3) is 0.136. The summed E-state index contributed by atoms with van der Waals surface area (Å²) in [6.07, 6.45) is 0. The fourth-order valence-electron chi connectivity index (χ4n) is 2.77. The number of benzene rings is 3. The average Bonchev–Trinajstić information content (AvgIpc) is 2.74. The van der Waals surface area contributed by atoms with E-state index in [1.54, 1.807) is 25.3 Å². The number of nitrogens with one attached hydrogen (secondary N) is 2. The zero-order valence-electron chi connectivity index (χ0n) is 16.0. The van der Waals surface area contributed by atoms with Gasteiger partial charge in [0, 0.05) is 23.1 Å². The third kappa shape index (κ3) is 4.35. The van der Waals surface area contributed by atoms with Crippen molar-refractivity contribution in [1.82, 2.24) is 0 Å². The van der Waals surface area contributed by atoms with Crippen LogP contribution in [-0.2, 0) is 0 Å². The van der Waals surface area contributed by atoms with E-state index >= 15 is 0 Å². The first-order chi connectivity index (χ1) is 13.6. The summed E-state index contributed by atoms with van der Waals surface area (Å²) < 4.78 is 15.8. The van der Waals surface area contributed by atoms with Crippen molar-refractivity contribution >= 4 is 23.0 Å². The lowest BCUT2D eigenvalue weighted by atomic mass is 10.1. The predicted molar refractivity (Wildman–Crippen MR) is 110 cm³/mol. The van der Waals surface area contributed by atoms with Crippen LogP contribution in [0.3, 0.4) is 0 Å². The third-order valence-electron chi connectivity index (χ3n) is 4.16. The number of amides is 1. The average molecular weight is 378 g/mol. The van der Waals surface area contributed by atoms with E-state index in [2.05, 4.69) is 10.6 Å². The quantitative estimate of drug-likeness (QED) is 0.623. The number of methoxy groups -OCH3 is 3. The summed E-state index contributed by atoms with van der Waals surface area (Å²) in [5, 5.41) is 6.16. The summed E-state index contributed by atoms with van der Waals surface area (Å²) in [6.45, 7) is 0. The maximum absolute atomic E-state index is 12.7. The van der Waals surface area contributed by atoms with Gasteiger partial charge in [-0.05, 0) is 48.5 Å².